The molecule has 0 aromatic rings. The minimum Gasteiger partial charge on any atom is -0.481 e. The van der Waals surface area contributed by atoms with Crippen LogP contribution in [0.4, 0.5) is 4.39 Å². The maximum absolute atomic E-state index is 14.2. The summed E-state index contributed by atoms with van der Waals surface area (Å²) in [6.07, 6.45) is 4.05. The Bertz CT molecular complexity index is 286. The predicted octanol–water partition coefficient (Wildman–Crippen LogP) is 2.38. The van der Waals surface area contributed by atoms with Gasteiger partial charge in [0.1, 0.15) is 5.67 Å². The first-order chi connectivity index (χ1) is 6.51. The van der Waals surface area contributed by atoms with Gasteiger partial charge in [-0.25, -0.2) is 4.39 Å². The first kappa shape index (κ1) is 8.69. The highest BCUT2D eigenvalue weighted by atomic mass is 19.1. The van der Waals surface area contributed by atoms with Crippen LogP contribution in [0.15, 0.2) is 0 Å². The van der Waals surface area contributed by atoms with Crippen LogP contribution in [0.3, 0.4) is 0 Å². The summed E-state index contributed by atoms with van der Waals surface area (Å²) >= 11 is 0. The van der Waals surface area contributed by atoms with Gasteiger partial charge in [0.15, 0.2) is 0 Å². The van der Waals surface area contributed by atoms with Crippen molar-refractivity contribution in [2.45, 2.75) is 44.2 Å². The van der Waals surface area contributed by atoms with Crippen LogP contribution in [0.5, 0.6) is 0 Å². The van der Waals surface area contributed by atoms with Crippen LogP contribution >= 0.6 is 0 Å². The maximum Gasteiger partial charge on any atom is 0.309 e. The lowest BCUT2D eigenvalue weighted by Crippen LogP contribution is -2.56. The molecular weight excluding hydrogens is 183 g/mol. The summed E-state index contributed by atoms with van der Waals surface area (Å²) in [4.78, 5) is 11.2. The van der Waals surface area contributed by atoms with Gasteiger partial charge in [0.2, 0.25) is 0 Å². The Morgan fingerprint density at radius 1 is 1.21 bits per heavy atom. The molecule has 1 N–H and O–H groups in total. The molecule has 0 spiro atoms. The van der Waals surface area contributed by atoms with Crippen molar-refractivity contribution in [1.82, 2.24) is 0 Å². The predicted molar refractivity (Wildman–Crippen MR) is 48.6 cm³/mol. The molecule has 0 aliphatic heterocycles. The van der Waals surface area contributed by atoms with Gasteiger partial charge in [-0.15, -0.1) is 0 Å². The van der Waals surface area contributed by atoms with Crippen molar-refractivity contribution in [2.24, 2.45) is 17.3 Å². The molecule has 0 saturated heterocycles. The number of aliphatic carboxylic acids is 1. The zero-order valence-electron chi connectivity index (χ0n) is 8.13. The van der Waals surface area contributed by atoms with Crippen LogP contribution in [-0.2, 0) is 4.79 Å². The average molecular weight is 198 g/mol. The van der Waals surface area contributed by atoms with Crippen LogP contribution in [0.25, 0.3) is 0 Å². The van der Waals surface area contributed by atoms with E-state index in [9.17, 15) is 14.3 Å². The molecule has 4 fully saturated rings. The second-order valence-electron chi connectivity index (χ2n) is 5.70. The molecule has 0 aromatic heterocycles. The zero-order valence-corrected chi connectivity index (χ0v) is 8.13. The van der Waals surface area contributed by atoms with E-state index >= 15 is 0 Å². The molecule has 4 rings (SSSR count). The fourth-order valence-corrected chi connectivity index (χ4v) is 4.40. The van der Waals surface area contributed by atoms with Crippen molar-refractivity contribution in [2.75, 3.05) is 0 Å². The average Bonchev–Trinajstić information content (AvgIpc) is 1.98. The zero-order chi connectivity index (χ0) is 9.97. The maximum atomic E-state index is 14.2. The molecule has 0 amide bonds. The van der Waals surface area contributed by atoms with Crippen LogP contribution in [0.1, 0.15) is 38.5 Å². The molecule has 2 unspecified atom stereocenters. The number of alkyl halides is 1. The molecule has 4 aliphatic rings. The summed E-state index contributed by atoms with van der Waals surface area (Å²) in [7, 11) is 0. The molecule has 0 radical (unpaired) electrons. The van der Waals surface area contributed by atoms with Gasteiger partial charge in [-0.2, -0.15) is 0 Å². The number of rotatable bonds is 1. The third kappa shape index (κ3) is 0.984. The third-order valence-corrected chi connectivity index (χ3v) is 4.44. The molecule has 4 atom stereocenters. The molecule has 4 aliphatic carbocycles. The summed E-state index contributed by atoms with van der Waals surface area (Å²) < 4.78 is 14.2. The summed E-state index contributed by atoms with van der Waals surface area (Å²) in [5, 5.41) is 9.23. The van der Waals surface area contributed by atoms with Gasteiger partial charge < -0.3 is 5.11 Å². The van der Waals surface area contributed by atoms with E-state index in [1.165, 1.54) is 0 Å². The summed E-state index contributed by atoms with van der Waals surface area (Å²) in [5.41, 5.74) is -1.83. The Morgan fingerprint density at radius 3 is 2.21 bits per heavy atom. The first-order valence-corrected chi connectivity index (χ1v) is 5.44. The summed E-state index contributed by atoms with van der Waals surface area (Å²) in [6, 6.07) is 0. The number of hydrogen-bond acceptors (Lipinski definition) is 1. The summed E-state index contributed by atoms with van der Waals surface area (Å²) in [5.74, 6) is -0.0664. The van der Waals surface area contributed by atoms with E-state index in [1.54, 1.807) is 0 Å². The highest BCUT2D eigenvalue weighted by molar-refractivity contribution is 5.75. The van der Waals surface area contributed by atoms with Crippen molar-refractivity contribution in [1.29, 1.82) is 0 Å². The monoisotopic (exact) mass is 198 g/mol. The quantitative estimate of drug-likeness (QED) is 0.702. The van der Waals surface area contributed by atoms with Gasteiger partial charge in [-0.1, -0.05) is 0 Å². The number of carboxylic acids is 1. The standard InChI is InChI=1S/C11H15FO2/c12-11-4-7-1-8(5-11)3-10(2-7,6-11)9(13)14/h7-8H,1-6H2,(H,13,14)/t7-,8+,10?,11?. The second kappa shape index (κ2) is 2.31. The van der Waals surface area contributed by atoms with Crippen LogP contribution in [0, 0.1) is 17.3 Å². The van der Waals surface area contributed by atoms with Crippen LogP contribution < -0.4 is 0 Å². The lowest BCUT2D eigenvalue weighted by molar-refractivity contribution is -0.177. The molecule has 3 heteroatoms. The molecule has 0 aromatic carbocycles. The van der Waals surface area contributed by atoms with Crippen molar-refractivity contribution in [3.63, 3.8) is 0 Å². The number of carbonyl (C=O) groups is 1. The molecular formula is C11H15FO2. The van der Waals surface area contributed by atoms with Gasteiger partial charge in [0, 0.05) is 0 Å². The highest BCUT2D eigenvalue weighted by Gasteiger charge is 2.61. The lowest BCUT2D eigenvalue weighted by Gasteiger charge is -2.57. The largest absolute Gasteiger partial charge is 0.481 e. The van der Waals surface area contributed by atoms with Gasteiger partial charge in [0.25, 0.3) is 0 Å². The molecule has 78 valence electrons. The lowest BCUT2D eigenvalue weighted by atomic mass is 9.48. The minimum absolute atomic E-state index is 0.280. The van der Waals surface area contributed by atoms with E-state index in [2.05, 4.69) is 0 Å². The molecule has 4 bridgehead atoms. The van der Waals surface area contributed by atoms with E-state index < -0.39 is 17.1 Å². The van der Waals surface area contributed by atoms with E-state index in [1.807, 2.05) is 0 Å². The first-order valence-electron chi connectivity index (χ1n) is 5.44. The topological polar surface area (TPSA) is 37.3 Å². The highest BCUT2D eigenvalue weighted by Crippen LogP contribution is 2.62. The van der Waals surface area contributed by atoms with Crippen molar-refractivity contribution in [3.8, 4) is 0 Å². The summed E-state index contributed by atoms with van der Waals surface area (Å²) in [6.45, 7) is 0. The smallest absolute Gasteiger partial charge is 0.309 e. The fraction of sp³-hybridized carbons (Fsp3) is 0.909. The van der Waals surface area contributed by atoms with Crippen molar-refractivity contribution < 1.29 is 14.3 Å². The van der Waals surface area contributed by atoms with Gasteiger partial charge in [-0.05, 0) is 50.4 Å². The van der Waals surface area contributed by atoms with Crippen molar-refractivity contribution >= 4 is 5.97 Å². The number of halogens is 1. The Balaban J connectivity index is 2.00. The second-order valence-corrected chi connectivity index (χ2v) is 5.70. The Morgan fingerprint density at radius 2 is 1.79 bits per heavy atom. The van der Waals surface area contributed by atoms with E-state index in [-0.39, 0.29) is 6.42 Å². The number of hydrogen-bond donors (Lipinski definition) is 1. The van der Waals surface area contributed by atoms with Gasteiger partial charge >= 0.3 is 5.97 Å². The van der Waals surface area contributed by atoms with Crippen molar-refractivity contribution in [3.05, 3.63) is 0 Å². The Kier molecular flexibility index (Phi) is 1.43. The van der Waals surface area contributed by atoms with E-state index in [0.29, 0.717) is 24.7 Å². The fourth-order valence-electron chi connectivity index (χ4n) is 4.40. The Hall–Kier alpha value is -0.600. The van der Waals surface area contributed by atoms with Gasteiger partial charge in [0.05, 0.1) is 5.41 Å². The van der Waals surface area contributed by atoms with Crippen LogP contribution in [0.2, 0.25) is 0 Å². The molecule has 2 nitrogen and oxygen atoms in total. The van der Waals surface area contributed by atoms with E-state index in [0.717, 1.165) is 19.3 Å². The molecule has 0 heterocycles. The minimum atomic E-state index is -1.14. The molecule has 4 saturated carbocycles. The molecule has 14 heavy (non-hydrogen) atoms. The van der Waals surface area contributed by atoms with E-state index in [4.69, 9.17) is 0 Å². The SMILES string of the molecule is O=C(O)C12C[C@@H]3C[C@@H](CC(F)(C3)C1)C2. The van der Waals surface area contributed by atoms with Crippen LogP contribution in [-0.4, -0.2) is 16.7 Å². The third-order valence-electron chi connectivity index (χ3n) is 4.44. The van der Waals surface area contributed by atoms with Gasteiger partial charge in [-0.3, -0.25) is 4.79 Å². The number of carboxylic acid groups (broad SMARTS) is 1. The Labute approximate surface area is 82.5 Å². The normalized spacial score (nSPS) is 54.9.